The minimum atomic E-state index is -0.198. The molecule has 0 aromatic carbocycles. The van der Waals surface area contributed by atoms with Gasteiger partial charge < -0.3 is 10.6 Å². The van der Waals surface area contributed by atoms with Crippen LogP contribution in [-0.2, 0) is 5.54 Å². The third kappa shape index (κ3) is 3.61. The molecule has 1 aliphatic rings. The summed E-state index contributed by atoms with van der Waals surface area (Å²) in [6.07, 6.45) is 2.29. The maximum atomic E-state index is 13.0. The molecule has 2 aromatic heterocycles. The normalized spacial score (nSPS) is 18.0. The molecule has 1 unspecified atom stereocenters. The zero-order valence-electron chi connectivity index (χ0n) is 16.8. The summed E-state index contributed by atoms with van der Waals surface area (Å²) >= 11 is 0. The fraction of sp³-hybridized carbons (Fsp3) is 0.650. The van der Waals surface area contributed by atoms with Gasteiger partial charge in [0, 0.05) is 18.3 Å². The standard InChI is InChI=1S/C20H31N5O/c1-12(2)16-10-15(19(26)22-11-14-8-7-9-21-14)17-13(3)24-25(18(17)23-16)20(4,5)6/h10,12,14,21H,7-9,11H2,1-6H3,(H,22,26). The van der Waals surface area contributed by atoms with Gasteiger partial charge in [-0.05, 0) is 59.1 Å². The highest BCUT2D eigenvalue weighted by Crippen LogP contribution is 2.28. The average molecular weight is 358 g/mol. The first-order valence-electron chi connectivity index (χ1n) is 9.61. The van der Waals surface area contributed by atoms with Gasteiger partial charge in [-0.1, -0.05) is 13.8 Å². The summed E-state index contributed by atoms with van der Waals surface area (Å²) in [5, 5.41) is 12.1. The summed E-state index contributed by atoms with van der Waals surface area (Å²) < 4.78 is 1.94. The lowest BCUT2D eigenvalue weighted by Gasteiger charge is -2.20. The molecule has 1 amide bonds. The van der Waals surface area contributed by atoms with Gasteiger partial charge >= 0.3 is 0 Å². The lowest BCUT2D eigenvalue weighted by Crippen LogP contribution is -2.37. The second-order valence-corrected chi connectivity index (χ2v) is 8.62. The molecular formula is C20H31N5O. The third-order valence-electron chi connectivity index (χ3n) is 4.98. The van der Waals surface area contributed by atoms with Crippen molar-refractivity contribution >= 4 is 16.9 Å². The number of fused-ring (bicyclic) bond motifs is 1. The number of nitrogens with one attached hydrogen (secondary N) is 2. The second kappa shape index (κ2) is 6.99. The Bertz CT molecular complexity index is 810. The van der Waals surface area contributed by atoms with Crippen molar-refractivity contribution in [3.63, 3.8) is 0 Å². The van der Waals surface area contributed by atoms with Crippen LogP contribution in [0.15, 0.2) is 6.07 Å². The molecule has 142 valence electrons. The summed E-state index contributed by atoms with van der Waals surface area (Å²) in [5.41, 5.74) is 3.06. The Kier molecular flexibility index (Phi) is 5.06. The van der Waals surface area contributed by atoms with Crippen LogP contribution < -0.4 is 10.6 Å². The van der Waals surface area contributed by atoms with Crippen molar-refractivity contribution in [3.8, 4) is 0 Å². The maximum absolute atomic E-state index is 13.0. The van der Waals surface area contributed by atoms with Crippen LogP contribution in [0.1, 0.15) is 75.1 Å². The van der Waals surface area contributed by atoms with E-state index in [1.54, 1.807) is 0 Å². The predicted octanol–water partition coefficient (Wildman–Crippen LogP) is 3.10. The van der Waals surface area contributed by atoms with E-state index < -0.39 is 0 Å². The summed E-state index contributed by atoms with van der Waals surface area (Å²) in [6, 6.07) is 2.31. The Balaban J connectivity index is 2.04. The van der Waals surface area contributed by atoms with Crippen molar-refractivity contribution in [3.05, 3.63) is 23.0 Å². The van der Waals surface area contributed by atoms with Gasteiger partial charge in [-0.15, -0.1) is 0 Å². The van der Waals surface area contributed by atoms with Gasteiger partial charge in [0.1, 0.15) is 0 Å². The van der Waals surface area contributed by atoms with Gasteiger partial charge in [0.25, 0.3) is 5.91 Å². The van der Waals surface area contributed by atoms with E-state index >= 15 is 0 Å². The topological polar surface area (TPSA) is 71.8 Å². The van der Waals surface area contributed by atoms with Crippen LogP contribution in [0.3, 0.4) is 0 Å². The molecule has 1 saturated heterocycles. The summed E-state index contributed by atoms with van der Waals surface area (Å²) in [4.78, 5) is 17.8. The average Bonchev–Trinajstić information content (AvgIpc) is 3.19. The lowest BCUT2D eigenvalue weighted by atomic mass is 10.0. The molecule has 1 atom stereocenters. The van der Waals surface area contributed by atoms with Crippen molar-refractivity contribution in [2.24, 2.45) is 0 Å². The zero-order valence-corrected chi connectivity index (χ0v) is 16.8. The van der Waals surface area contributed by atoms with Gasteiger partial charge in [-0.3, -0.25) is 4.79 Å². The minimum Gasteiger partial charge on any atom is -0.350 e. The van der Waals surface area contributed by atoms with Crippen LogP contribution in [0.2, 0.25) is 0 Å². The molecule has 26 heavy (non-hydrogen) atoms. The SMILES string of the molecule is Cc1nn(C(C)(C)C)c2nc(C(C)C)cc(C(=O)NCC3CCCN3)c12. The Morgan fingerprint density at radius 2 is 2.15 bits per heavy atom. The molecule has 1 fully saturated rings. The van der Waals surface area contributed by atoms with Crippen molar-refractivity contribution in [1.82, 2.24) is 25.4 Å². The molecule has 2 aromatic rings. The third-order valence-corrected chi connectivity index (χ3v) is 4.98. The number of aryl methyl sites for hydroxylation is 1. The van der Waals surface area contributed by atoms with Gasteiger partial charge in [0.2, 0.25) is 0 Å². The van der Waals surface area contributed by atoms with E-state index in [1.807, 2.05) is 17.7 Å². The number of carbonyl (C=O) groups excluding carboxylic acids is 1. The van der Waals surface area contributed by atoms with Crippen LogP contribution in [0, 0.1) is 6.92 Å². The summed E-state index contributed by atoms with van der Waals surface area (Å²) in [6.45, 7) is 14.2. The number of rotatable bonds is 4. The van der Waals surface area contributed by atoms with E-state index in [0.717, 1.165) is 35.4 Å². The highest BCUT2D eigenvalue weighted by Gasteiger charge is 2.25. The molecule has 2 N–H and O–H groups in total. The van der Waals surface area contributed by atoms with Crippen molar-refractivity contribution in [2.45, 2.75) is 71.9 Å². The number of amides is 1. The molecule has 0 aliphatic carbocycles. The van der Waals surface area contributed by atoms with E-state index in [2.05, 4.69) is 45.3 Å². The highest BCUT2D eigenvalue weighted by atomic mass is 16.1. The van der Waals surface area contributed by atoms with Crippen molar-refractivity contribution < 1.29 is 4.79 Å². The molecule has 1 aliphatic heterocycles. The van der Waals surface area contributed by atoms with Crippen LogP contribution in [0.4, 0.5) is 0 Å². The molecule has 3 heterocycles. The molecule has 0 bridgehead atoms. The van der Waals surface area contributed by atoms with Crippen LogP contribution in [0.5, 0.6) is 0 Å². The molecule has 6 heteroatoms. The zero-order chi connectivity index (χ0) is 19.1. The van der Waals surface area contributed by atoms with Crippen LogP contribution in [0.25, 0.3) is 11.0 Å². The maximum Gasteiger partial charge on any atom is 0.252 e. The number of carbonyl (C=O) groups is 1. The molecule has 6 nitrogen and oxygen atoms in total. The van der Waals surface area contributed by atoms with Gasteiger partial charge in [-0.25, -0.2) is 9.67 Å². The Morgan fingerprint density at radius 3 is 2.73 bits per heavy atom. The smallest absolute Gasteiger partial charge is 0.252 e. The summed E-state index contributed by atoms with van der Waals surface area (Å²) in [7, 11) is 0. The Hall–Kier alpha value is -1.95. The highest BCUT2D eigenvalue weighted by molar-refractivity contribution is 6.06. The first-order valence-corrected chi connectivity index (χ1v) is 9.61. The molecule has 3 rings (SSSR count). The fourth-order valence-corrected chi connectivity index (χ4v) is 3.49. The Morgan fingerprint density at radius 1 is 1.42 bits per heavy atom. The number of pyridine rings is 1. The van der Waals surface area contributed by atoms with Crippen molar-refractivity contribution in [2.75, 3.05) is 13.1 Å². The molecule has 0 saturated carbocycles. The molecule has 0 radical (unpaired) electrons. The largest absolute Gasteiger partial charge is 0.350 e. The lowest BCUT2D eigenvalue weighted by molar-refractivity contribution is 0.0951. The fourth-order valence-electron chi connectivity index (χ4n) is 3.49. The number of hydrogen-bond donors (Lipinski definition) is 2. The van der Waals surface area contributed by atoms with Crippen LogP contribution in [-0.4, -0.2) is 39.8 Å². The van der Waals surface area contributed by atoms with Gasteiger partial charge in [-0.2, -0.15) is 5.10 Å². The summed E-state index contributed by atoms with van der Waals surface area (Å²) in [5.74, 6) is 0.204. The Labute approximate surface area is 155 Å². The van der Waals surface area contributed by atoms with E-state index in [4.69, 9.17) is 10.1 Å². The second-order valence-electron chi connectivity index (χ2n) is 8.62. The number of aromatic nitrogens is 3. The first-order chi connectivity index (χ1) is 12.2. The van der Waals surface area contributed by atoms with E-state index in [0.29, 0.717) is 18.2 Å². The monoisotopic (exact) mass is 357 g/mol. The number of nitrogens with zero attached hydrogens (tertiary/aromatic N) is 3. The van der Waals surface area contributed by atoms with Gasteiger partial charge in [0.15, 0.2) is 5.65 Å². The predicted molar refractivity (Wildman–Crippen MR) is 105 cm³/mol. The van der Waals surface area contributed by atoms with E-state index in [-0.39, 0.29) is 17.4 Å². The van der Waals surface area contributed by atoms with E-state index in [9.17, 15) is 4.79 Å². The first kappa shape index (κ1) is 18.8. The quantitative estimate of drug-likeness (QED) is 0.882. The number of hydrogen-bond acceptors (Lipinski definition) is 4. The van der Waals surface area contributed by atoms with Crippen molar-refractivity contribution in [1.29, 1.82) is 0 Å². The molecular weight excluding hydrogens is 326 g/mol. The minimum absolute atomic E-state index is 0.0374. The van der Waals surface area contributed by atoms with Crippen LogP contribution >= 0.6 is 0 Å². The van der Waals surface area contributed by atoms with E-state index in [1.165, 1.54) is 6.42 Å². The van der Waals surface area contributed by atoms with Gasteiger partial charge in [0.05, 0.1) is 22.2 Å². The molecule has 0 spiro atoms.